The normalized spacial score (nSPS) is 16.1. The molecule has 6 nitrogen and oxygen atoms in total. The van der Waals surface area contributed by atoms with Gasteiger partial charge in [0.05, 0.1) is 6.04 Å². The summed E-state index contributed by atoms with van der Waals surface area (Å²) in [6, 6.07) is 16.0. The van der Waals surface area contributed by atoms with E-state index in [0.717, 1.165) is 38.2 Å². The molecule has 0 saturated carbocycles. The fourth-order valence-electron chi connectivity index (χ4n) is 3.66. The Balaban J connectivity index is 1.62. The summed E-state index contributed by atoms with van der Waals surface area (Å²) >= 11 is 0. The molecule has 0 unspecified atom stereocenters. The number of hydrogen-bond acceptors (Lipinski definition) is 4. The van der Waals surface area contributed by atoms with Crippen molar-refractivity contribution in [2.75, 3.05) is 45.1 Å². The number of benzene rings is 2. The van der Waals surface area contributed by atoms with E-state index in [1.54, 1.807) is 0 Å². The molecule has 0 radical (unpaired) electrons. The lowest BCUT2D eigenvalue weighted by molar-refractivity contribution is -0.136. The van der Waals surface area contributed by atoms with Gasteiger partial charge in [-0.05, 0) is 43.7 Å². The van der Waals surface area contributed by atoms with Crippen LogP contribution < -0.4 is 10.6 Å². The third kappa shape index (κ3) is 5.90. The summed E-state index contributed by atoms with van der Waals surface area (Å²) in [6.45, 7) is 8.38. The van der Waals surface area contributed by atoms with Crippen LogP contribution in [0.3, 0.4) is 0 Å². The molecular weight excluding hydrogens is 376 g/mol. The molecule has 2 amide bonds. The van der Waals surface area contributed by atoms with E-state index < -0.39 is 11.8 Å². The predicted molar refractivity (Wildman–Crippen MR) is 120 cm³/mol. The first-order chi connectivity index (χ1) is 14.5. The molecule has 2 N–H and O–H groups in total. The van der Waals surface area contributed by atoms with Crippen molar-refractivity contribution in [2.45, 2.75) is 26.3 Å². The van der Waals surface area contributed by atoms with Crippen LogP contribution in [0.1, 0.15) is 29.7 Å². The van der Waals surface area contributed by atoms with E-state index in [4.69, 9.17) is 0 Å². The van der Waals surface area contributed by atoms with Crippen molar-refractivity contribution in [2.24, 2.45) is 0 Å². The molecule has 0 bridgehead atoms. The highest BCUT2D eigenvalue weighted by atomic mass is 16.2. The Kier molecular flexibility index (Phi) is 7.60. The van der Waals surface area contributed by atoms with Gasteiger partial charge in [-0.15, -0.1) is 0 Å². The minimum Gasteiger partial charge on any atom is -0.346 e. The Hall–Kier alpha value is -2.70. The van der Waals surface area contributed by atoms with E-state index in [0.29, 0.717) is 12.2 Å². The Morgan fingerprint density at radius 1 is 0.933 bits per heavy atom. The fourth-order valence-corrected chi connectivity index (χ4v) is 3.66. The molecule has 2 aromatic carbocycles. The number of likely N-dealkylation sites (N-methyl/N-ethyl adjacent to an activating group) is 1. The predicted octanol–water partition coefficient (Wildman–Crippen LogP) is 2.60. The second kappa shape index (κ2) is 10.4. The van der Waals surface area contributed by atoms with Crippen molar-refractivity contribution in [1.82, 2.24) is 15.1 Å². The van der Waals surface area contributed by atoms with Crippen LogP contribution in [0.25, 0.3) is 0 Å². The van der Waals surface area contributed by atoms with Gasteiger partial charge in [-0.1, -0.05) is 48.9 Å². The maximum absolute atomic E-state index is 12.4. The zero-order valence-corrected chi connectivity index (χ0v) is 18.1. The number of nitrogens with one attached hydrogen (secondary N) is 2. The van der Waals surface area contributed by atoms with Gasteiger partial charge < -0.3 is 15.5 Å². The summed E-state index contributed by atoms with van der Waals surface area (Å²) in [6.07, 6.45) is 0.932. The van der Waals surface area contributed by atoms with Gasteiger partial charge in [-0.2, -0.15) is 0 Å². The molecule has 0 spiro atoms. The fraction of sp³-hybridized carbons (Fsp3) is 0.417. The van der Waals surface area contributed by atoms with Crippen LogP contribution in [0.15, 0.2) is 48.5 Å². The van der Waals surface area contributed by atoms with Gasteiger partial charge in [-0.3, -0.25) is 14.5 Å². The van der Waals surface area contributed by atoms with Gasteiger partial charge in [0.1, 0.15) is 0 Å². The number of anilines is 1. The molecule has 1 atom stereocenters. The summed E-state index contributed by atoms with van der Waals surface area (Å²) < 4.78 is 0. The highest BCUT2D eigenvalue weighted by molar-refractivity contribution is 6.39. The van der Waals surface area contributed by atoms with E-state index in [-0.39, 0.29) is 6.04 Å². The highest BCUT2D eigenvalue weighted by Crippen LogP contribution is 2.22. The third-order valence-corrected chi connectivity index (χ3v) is 5.72. The average molecular weight is 409 g/mol. The first-order valence-corrected chi connectivity index (χ1v) is 10.6. The van der Waals surface area contributed by atoms with Crippen molar-refractivity contribution in [3.63, 3.8) is 0 Å². The smallest absolute Gasteiger partial charge is 0.313 e. The minimum absolute atomic E-state index is 0.0416. The maximum Gasteiger partial charge on any atom is 0.313 e. The molecule has 30 heavy (non-hydrogen) atoms. The van der Waals surface area contributed by atoms with Crippen molar-refractivity contribution in [3.05, 3.63) is 65.2 Å². The molecule has 2 aromatic rings. The molecular formula is C24H32N4O2. The van der Waals surface area contributed by atoms with E-state index in [1.807, 2.05) is 24.3 Å². The third-order valence-electron chi connectivity index (χ3n) is 5.72. The number of piperazine rings is 1. The number of nitrogens with zero attached hydrogens (tertiary/aromatic N) is 2. The highest BCUT2D eigenvalue weighted by Gasteiger charge is 2.25. The topological polar surface area (TPSA) is 64.7 Å². The van der Waals surface area contributed by atoms with Crippen LogP contribution >= 0.6 is 0 Å². The Morgan fingerprint density at radius 2 is 1.57 bits per heavy atom. The van der Waals surface area contributed by atoms with E-state index >= 15 is 0 Å². The molecule has 160 valence electrons. The van der Waals surface area contributed by atoms with Crippen LogP contribution in [0.5, 0.6) is 0 Å². The molecule has 1 heterocycles. The molecule has 0 aromatic heterocycles. The number of aryl methyl sites for hydroxylation is 2. The standard InChI is InChI=1S/C24H32N4O2/c1-4-19-7-11-21(12-8-19)26-24(30)23(29)25-17-22(20-9-5-18(2)6-10-20)28-15-13-27(3)14-16-28/h5-12,22H,4,13-17H2,1-3H3,(H,25,29)(H,26,30)/t22-/m1/s1. The van der Waals surface area contributed by atoms with Crippen molar-refractivity contribution >= 4 is 17.5 Å². The summed E-state index contributed by atoms with van der Waals surface area (Å²) in [7, 11) is 2.12. The molecule has 1 saturated heterocycles. The second-order valence-electron chi connectivity index (χ2n) is 7.98. The van der Waals surface area contributed by atoms with Crippen LogP contribution in [-0.2, 0) is 16.0 Å². The van der Waals surface area contributed by atoms with E-state index in [9.17, 15) is 9.59 Å². The van der Waals surface area contributed by atoms with Crippen LogP contribution in [-0.4, -0.2) is 61.4 Å². The number of rotatable bonds is 6. The van der Waals surface area contributed by atoms with Crippen LogP contribution in [0, 0.1) is 6.92 Å². The summed E-state index contributed by atoms with van der Waals surface area (Å²) in [5.41, 5.74) is 4.17. The molecule has 1 fully saturated rings. The average Bonchev–Trinajstić information content (AvgIpc) is 2.76. The van der Waals surface area contributed by atoms with Crippen LogP contribution in [0.4, 0.5) is 5.69 Å². The number of carbonyl (C=O) groups excluding carboxylic acids is 2. The molecule has 1 aliphatic rings. The van der Waals surface area contributed by atoms with Gasteiger partial charge >= 0.3 is 11.8 Å². The van der Waals surface area contributed by atoms with Gasteiger partial charge in [0.25, 0.3) is 0 Å². The molecule has 1 aliphatic heterocycles. The zero-order valence-electron chi connectivity index (χ0n) is 18.1. The van der Waals surface area contributed by atoms with Crippen molar-refractivity contribution in [3.8, 4) is 0 Å². The quantitative estimate of drug-likeness (QED) is 0.721. The van der Waals surface area contributed by atoms with Crippen molar-refractivity contribution < 1.29 is 9.59 Å². The lowest BCUT2D eigenvalue weighted by atomic mass is 10.0. The number of amides is 2. The Bertz CT molecular complexity index is 841. The monoisotopic (exact) mass is 408 g/mol. The zero-order chi connectivity index (χ0) is 21.5. The summed E-state index contributed by atoms with van der Waals surface area (Å²) in [5, 5.41) is 5.52. The SMILES string of the molecule is CCc1ccc(NC(=O)C(=O)NC[C@H](c2ccc(C)cc2)N2CCN(C)CC2)cc1. The lowest BCUT2D eigenvalue weighted by Gasteiger charge is -2.38. The molecule has 0 aliphatic carbocycles. The number of hydrogen-bond donors (Lipinski definition) is 2. The van der Waals surface area contributed by atoms with Gasteiger partial charge in [0.2, 0.25) is 0 Å². The van der Waals surface area contributed by atoms with Gasteiger partial charge in [-0.25, -0.2) is 0 Å². The maximum atomic E-state index is 12.4. The minimum atomic E-state index is -0.639. The number of carbonyl (C=O) groups is 2. The van der Waals surface area contributed by atoms with Gasteiger partial charge in [0, 0.05) is 38.4 Å². The van der Waals surface area contributed by atoms with E-state index in [2.05, 4.69) is 65.6 Å². The van der Waals surface area contributed by atoms with E-state index in [1.165, 1.54) is 11.1 Å². The summed E-state index contributed by atoms with van der Waals surface area (Å²) in [4.78, 5) is 29.5. The Morgan fingerprint density at radius 3 is 2.17 bits per heavy atom. The molecule has 3 rings (SSSR count). The second-order valence-corrected chi connectivity index (χ2v) is 7.98. The van der Waals surface area contributed by atoms with Crippen LogP contribution in [0.2, 0.25) is 0 Å². The van der Waals surface area contributed by atoms with Gasteiger partial charge in [0.15, 0.2) is 0 Å². The first-order valence-electron chi connectivity index (χ1n) is 10.6. The lowest BCUT2D eigenvalue weighted by Crippen LogP contribution is -2.49. The summed E-state index contributed by atoms with van der Waals surface area (Å²) in [5.74, 6) is -1.25. The van der Waals surface area contributed by atoms with Crippen molar-refractivity contribution in [1.29, 1.82) is 0 Å². The molecule has 6 heteroatoms. The largest absolute Gasteiger partial charge is 0.346 e. The first kappa shape index (κ1) is 22.0. The Labute approximate surface area is 179 Å².